The highest BCUT2D eigenvalue weighted by molar-refractivity contribution is 6.30. The van der Waals surface area contributed by atoms with E-state index in [9.17, 15) is 4.79 Å². The number of halogens is 3. The molecule has 0 saturated carbocycles. The Kier molecular flexibility index (Phi) is 10.8. The largest absolute Gasteiger partial charge is 0.476 e. The molecule has 1 aromatic heterocycles. The zero-order valence-electron chi connectivity index (χ0n) is 12.3. The predicted molar refractivity (Wildman–Crippen MR) is 89.7 cm³/mol. The molecule has 1 aromatic rings. The average Bonchev–Trinajstić information content (AvgIpc) is 2.34. The van der Waals surface area contributed by atoms with Crippen molar-refractivity contribution >= 4 is 42.3 Å². The number of nitrogens with two attached hydrogens (primary N) is 1. The van der Waals surface area contributed by atoms with Crippen LogP contribution < -0.4 is 15.8 Å². The van der Waals surface area contributed by atoms with E-state index >= 15 is 0 Å². The van der Waals surface area contributed by atoms with Crippen molar-refractivity contribution in [2.24, 2.45) is 11.1 Å². The van der Waals surface area contributed by atoms with Crippen LogP contribution in [0.2, 0.25) is 5.02 Å². The van der Waals surface area contributed by atoms with Crippen molar-refractivity contribution in [2.75, 3.05) is 13.2 Å². The third-order valence-electron chi connectivity index (χ3n) is 2.57. The van der Waals surface area contributed by atoms with Gasteiger partial charge in [-0.05, 0) is 11.5 Å². The van der Waals surface area contributed by atoms with Crippen LogP contribution >= 0.6 is 36.4 Å². The summed E-state index contributed by atoms with van der Waals surface area (Å²) in [4.78, 5) is 15.7. The van der Waals surface area contributed by atoms with Crippen LogP contribution in [0.5, 0.6) is 5.88 Å². The van der Waals surface area contributed by atoms with Crippen molar-refractivity contribution in [3.8, 4) is 5.88 Å². The summed E-state index contributed by atoms with van der Waals surface area (Å²) in [5, 5.41) is 3.28. The Morgan fingerprint density at radius 3 is 2.52 bits per heavy atom. The van der Waals surface area contributed by atoms with Gasteiger partial charge in [-0.1, -0.05) is 32.4 Å². The Hall–Kier alpha value is -0.750. The monoisotopic (exact) mass is 357 g/mol. The lowest BCUT2D eigenvalue weighted by Crippen LogP contribution is -2.49. The SMILES string of the molecule is CC(C)(C)[C@H](N)C(=O)NCCOc1ccc(Cl)cn1.Cl.Cl. The van der Waals surface area contributed by atoms with Crippen LogP contribution in [-0.4, -0.2) is 30.1 Å². The van der Waals surface area contributed by atoms with Crippen molar-refractivity contribution in [1.82, 2.24) is 10.3 Å². The van der Waals surface area contributed by atoms with Crippen LogP contribution in [0.25, 0.3) is 0 Å². The molecule has 1 amide bonds. The number of nitrogens with zero attached hydrogens (tertiary/aromatic N) is 1. The van der Waals surface area contributed by atoms with E-state index < -0.39 is 6.04 Å². The topological polar surface area (TPSA) is 77.2 Å². The van der Waals surface area contributed by atoms with Gasteiger partial charge in [-0.25, -0.2) is 4.98 Å². The maximum Gasteiger partial charge on any atom is 0.237 e. The molecule has 3 N–H and O–H groups in total. The van der Waals surface area contributed by atoms with E-state index in [2.05, 4.69) is 10.3 Å². The van der Waals surface area contributed by atoms with Gasteiger partial charge in [0, 0.05) is 12.3 Å². The van der Waals surface area contributed by atoms with Crippen LogP contribution in [0.3, 0.4) is 0 Å². The maximum absolute atomic E-state index is 11.7. The van der Waals surface area contributed by atoms with Crippen LogP contribution in [0, 0.1) is 5.41 Å². The second-order valence-electron chi connectivity index (χ2n) is 5.30. The van der Waals surface area contributed by atoms with Crippen LogP contribution in [-0.2, 0) is 4.79 Å². The number of aromatic nitrogens is 1. The Morgan fingerprint density at radius 1 is 1.43 bits per heavy atom. The first-order chi connectivity index (χ1) is 8.80. The summed E-state index contributed by atoms with van der Waals surface area (Å²) < 4.78 is 5.35. The molecular weight excluding hydrogens is 337 g/mol. The van der Waals surface area contributed by atoms with E-state index in [0.29, 0.717) is 24.1 Å². The minimum atomic E-state index is -0.541. The Balaban J connectivity index is 0. The van der Waals surface area contributed by atoms with E-state index in [1.54, 1.807) is 12.1 Å². The predicted octanol–water partition coefficient (Wildman–Crippen LogP) is 2.45. The van der Waals surface area contributed by atoms with E-state index in [4.69, 9.17) is 22.1 Å². The van der Waals surface area contributed by atoms with Gasteiger partial charge in [0.2, 0.25) is 11.8 Å². The van der Waals surface area contributed by atoms with Gasteiger partial charge in [-0.15, -0.1) is 24.8 Å². The molecule has 1 rings (SSSR count). The van der Waals surface area contributed by atoms with Crippen molar-refractivity contribution < 1.29 is 9.53 Å². The first kappa shape index (κ1) is 22.5. The van der Waals surface area contributed by atoms with Crippen LogP contribution in [0.15, 0.2) is 18.3 Å². The third-order valence-corrected chi connectivity index (χ3v) is 2.79. The number of carbonyl (C=O) groups excluding carboxylic acids is 1. The molecule has 0 saturated heterocycles. The molecule has 21 heavy (non-hydrogen) atoms. The summed E-state index contributed by atoms with van der Waals surface area (Å²) in [6, 6.07) is 2.82. The molecule has 0 bridgehead atoms. The molecular formula is C13H22Cl3N3O2. The highest BCUT2D eigenvalue weighted by Crippen LogP contribution is 2.17. The minimum Gasteiger partial charge on any atom is -0.476 e. The number of amides is 1. The van der Waals surface area contributed by atoms with Gasteiger partial charge in [0.05, 0.1) is 17.6 Å². The molecule has 0 unspecified atom stereocenters. The number of ether oxygens (including phenoxy) is 1. The maximum atomic E-state index is 11.7. The van der Waals surface area contributed by atoms with Gasteiger partial charge in [0.25, 0.3) is 0 Å². The van der Waals surface area contributed by atoms with Gasteiger partial charge in [0.15, 0.2) is 0 Å². The van der Waals surface area contributed by atoms with Crippen molar-refractivity contribution in [3.63, 3.8) is 0 Å². The highest BCUT2D eigenvalue weighted by Gasteiger charge is 2.26. The first-order valence-electron chi connectivity index (χ1n) is 6.08. The van der Waals surface area contributed by atoms with E-state index in [1.807, 2.05) is 20.8 Å². The summed E-state index contributed by atoms with van der Waals surface area (Å²) in [6.45, 7) is 6.48. The normalized spacial score (nSPS) is 11.7. The molecule has 122 valence electrons. The number of nitrogens with one attached hydrogen (secondary N) is 1. The molecule has 0 aromatic carbocycles. The lowest BCUT2D eigenvalue weighted by atomic mass is 9.87. The van der Waals surface area contributed by atoms with Crippen molar-refractivity contribution in [3.05, 3.63) is 23.4 Å². The molecule has 0 fully saturated rings. The quantitative estimate of drug-likeness (QED) is 0.793. The van der Waals surface area contributed by atoms with Crippen LogP contribution in [0.1, 0.15) is 20.8 Å². The number of hydrogen-bond donors (Lipinski definition) is 2. The van der Waals surface area contributed by atoms with E-state index in [0.717, 1.165) is 0 Å². The molecule has 0 aliphatic rings. The molecule has 1 atom stereocenters. The smallest absolute Gasteiger partial charge is 0.237 e. The fourth-order valence-electron chi connectivity index (χ4n) is 1.28. The van der Waals surface area contributed by atoms with Gasteiger partial charge < -0.3 is 15.8 Å². The van der Waals surface area contributed by atoms with Gasteiger partial charge in [0.1, 0.15) is 6.61 Å². The van der Waals surface area contributed by atoms with E-state index in [-0.39, 0.29) is 36.1 Å². The number of hydrogen-bond acceptors (Lipinski definition) is 4. The summed E-state index contributed by atoms with van der Waals surface area (Å²) in [6.07, 6.45) is 1.50. The Morgan fingerprint density at radius 2 is 2.05 bits per heavy atom. The first-order valence-corrected chi connectivity index (χ1v) is 6.46. The van der Waals surface area contributed by atoms with Gasteiger partial charge >= 0.3 is 0 Å². The molecule has 0 aliphatic heterocycles. The zero-order chi connectivity index (χ0) is 14.5. The lowest BCUT2D eigenvalue weighted by molar-refractivity contribution is -0.124. The zero-order valence-corrected chi connectivity index (χ0v) is 14.6. The molecule has 1 heterocycles. The molecule has 0 aliphatic carbocycles. The van der Waals surface area contributed by atoms with E-state index in [1.165, 1.54) is 6.20 Å². The number of pyridine rings is 1. The number of rotatable bonds is 5. The molecule has 8 heteroatoms. The molecule has 0 radical (unpaired) electrons. The molecule has 5 nitrogen and oxygen atoms in total. The van der Waals surface area contributed by atoms with Crippen molar-refractivity contribution in [1.29, 1.82) is 0 Å². The Bertz CT molecular complexity index is 422. The average molecular weight is 359 g/mol. The van der Waals surface area contributed by atoms with Gasteiger partial charge in [-0.2, -0.15) is 0 Å². The fourth-order valence-corrected chi connectivity index (χ4v) is 1.39. The standard InChI is InChI=1S/C13H20ClN3O2.2ClH/c1-13(2,3)11(15)12(18)16-6-7-19-10-5-4-9(14)8-17-10;;/h4-5,8,11H,6-7,15H2,1-3H3,(H,16,18);2*1H/t11-;;/m1../s1. The summed E-state index contributed by atoms with van der Waals surface area (Å²) in [7, 11) is 0. The molecule has 0 spiro atoms. The highest BCUT2D eigenvalue weighted by atomic mass is 35.5. The lowest BCUT2D eigenvalue weighted by Gasteiger charge is -2.25. The van der Waals surface area contributed by atoms with Gasteiger partial charge in [-0.3, -0.25) is 4.79 Å². The van der Waals surface area contributed by atoms with Crippen LogP contribution in [0.4, 0.5) is 0 Å². The second kappa shape index (κ2) is 10.1. The third kappa shape index (κ3) is 8.31. The minimum absolute atomic E-state index is 0. The summed E-state index contributed by atoms with van der Waals surface area (Å²) in [5.74, 6) is 0.291. The van der Waals surface area contributed by atoms with Crippen molar-refractivity contribution in [2.45, 2.75) is 26.8 Å². The summed E-state index contributed by atoms with van der Waals surface area (Å²) >= 11 is 5.70. The fraction of sp³-hybridized carbons (Fsp3) is 0.538. The number of carbonyl (C=O) groups is 1. The summed E-state index contributed by atoms with van der Waals surface area (Å²) in [5.41, 5.74) is 5.56. The second-order valence-corrected chi connectivity index (χ2v) is 5.73. The Labute approximate surface area is 142 Å².